The Hall–Kier alpha value is -2.44. The molecule has 2 aromatic rings. The van der Waals surface area contributed by atoms with Crippen LogP contribution in [0, 0.1) is 5.92 Å². The largest absolute Gasteiger partial charge is 0.443 e. The second kappa shape index (κ2) is 7.76. The van der Waals surface area contributed by atoms with E-state index in [1.165, 1.54) is 6.33 Å². The summed E-state index contributed by atoms with van der Waals surface area (Å²) >= 11 is 0. The van der Waals surface area contributed by atoms with Gasteiger partial charge in [0.25, 0.3) is 0 Å². The number of hydrogen-bond donors (Lipinski definition) is 3. The number of aromatic nitrogens is 3. The van der Waals surface area contributed by atoms with E-state index in [1.807, 2.05) is 10.8 Å². The van der Waals surface area contributed by atoms with Crippen LogP contribution in [0.3, 0.4) is 0 Å². The molecule has 160 valence electrons. The predicted octanol–water partition coefficient (Wildman–Crippen LogP) is 1.11. The second-order valence-corrected chi connectivity index (χ2v) is 9.36. The molecule has 11 nitrogen and oxygen atoms in total. The topological polar surface area (TPSA) is 159 Å². The molecule has 1 amide bonds. The van der Waals surface area contributed by atoms with E-state index in [0.717, 1.165) is 0 Å². The van der Waals surface area contributed by atoms with Crippen LogP contribution in [0.15, 0.2) is 18.6 Å². The lowest BCUT2D eigenvalue weighted by atomic mass is 10.1. The molecule has 2 aromatic heterocycles. The zero-order chi connectivity index (χ0) is 21.4. The number of aliphatic hydroxyl groups excluding tert-OH is 1. The van der Waals surface area contributed by atoms with Gasteiger partial charge in [0.2, 0.25) is 0 Å². The number of aliphatic hydroxyl groups is 1. The van der Waals surface area contributed by atoms with Gasteiger partial charge in [0, 0.05) is 18.2 Å². The number of carbonyl (C=O) groups is 1. The maximum atomic E-state index is 12.0. The first-order valence-corrected chi connectivity index (χ1v) is 10.5. The summed E-state index contributed by atoms with van der Waals surface area (Å²) in [6, 6.07) is 1.70. The number of amides is 1. The Kier molecular flexibility index (Phi) is 5.70. The number of nitrogens with two attached hydrogens (primary N) is 1. The normalized spacial score (nSPS) is 22.7. The Morgan fingerprint density at radius 1 is 1.38 bits per heavy atom. The molecule has 4 N–H and O–H groups in total. The van der Waals surface area contributed by atoms with Crippen molar-refractivity contribution in [2.24, 2.45) is 5.92 Å². The van der Waals surface area contributed by atoms with Gasteiger partial charge in [0.1, 0.15) is 23.4 Å². The number of carbonyl (C=O) groups excluding carboxylic acids is 1. The van der Waals surface area contributed by atoms with Gasteiger partial charge >= 0.3 is 16.4 Å². The minimum atomic E-state index is -4.36. The summed E-state index contributed by atoms with van der Waals surface area (Å²) in [5.41, 5.74) is 5.65. The van der Waals surface area contributed by atoms with Crippen LogP contribution in [0.5, 0.6) is 0 Å². The molecule has 0 aromatic carbocycles. The molecule has 0 spiro atoms. The molecule has 3 atom stereocenters. The first-order valence-electron chi connectivity index (χ1n) is 9.10. The van der Waals surface area contributed by atoms with Crippen LogP contribution in [0.25, 0.3) is 11.0 Å². The van der Waals surface area contributed by atoms with E-state index in [-0.39, 0.29) is 12.6 Å². The number of nitrogens with zero attached hydrogens (tertiary/aromatic N) is 3. The molecule has 3 rings (SSSR count). The van der Waals surface area contributed by atoms with Crippen molar-refractivity contribution in [2.45, 2.75) is 51.4 Å². The first-order chi connectivity index (χ1) is 13.5. The lowest BCUT2D eigenvalue weighted by Gasteiger charge is -2.20. The molecule has 1 aliphatic carbocycles. The average Bonchev–Trinajstić information content (AvgIpc) is 3.15. The Morgan fingerprint density at radius 2 is 2.10 bits per heavy atom. The highest BCUT2D eigenvalue weighted by atomic mass is 32.2. The fourth-order valence-corrected chi connectivity index (χ4v) is 4.03. The summed E-state index contributed by atoms with van der Waals surface area (Å²) in [5, 5.41) is 11.1. The quantitative estimate of drug-likeness (QED) is 0.635. The molecule has 29 heavy (non-hydrogen) atoms. The van der Waals surface area contributed by atoms with Crippen LogP contribution in [-0.4, -0.2) is 52.5 Å². The Labute approximate surface area is 168 Å². The SMILES string of the molecule is CC(C)(C)OC(=O)NS(=O)(=O)OC[C@@H]1C[C@@H](n2ccc3c(N)ncnc32)C[C@@H]1O. The van der Waals surface area contributed by atoms with E-state index < -0.39 is 34.0 Å². The molecular weight excluding hydrogens is 402 g/mol. The zero-order valence-electron chi connectivity index (χ0n) is 16.4. The molecule has 1 saturated carbocycles. The molecule has 0 bridgehead atoms. The molecule has 1 fully saturated rings. The number of rotatable bonds is 5. The van der Waals surface area contributed by atoms with E-state index in [2.05, 4.69) is 9.97 Å². The smallest absolute Gasteiger partial charge is 0.423 e. The summed E-state index contributed by atoms with van der Waals surface area (Å²) in [4.78, 5) is 19.8. The van der Waals surface area contributed by atoms with Crippen LogP contribution < -0.4 is 10.5 Å². The number of ether oxygens (including phenoxy) is 1. The fraction of sp³-hybridized carbons (Fsp3) is 0.588. The standard InChI is InChI=1S/C17H25N5O6S/c1-17(2,3)28-16(24)21-29(25,26)27-8-10-6-11(7-13(10)23)22-5-4-12-14(18)19-9-20-15(12)22/h4-5,9-11,13,23H,6-8H2,1-3H3,(H,21,24)(H2,18,19,20)/t10-,11+,13-/m0/s1. The van der Waals surface area contributed by atoms with E-state index in [1.54, 1.807) is 31.6 Å². The molecule has 2 heterocycles. The van der Waals surface area contributed by atoms with Crippen molar-refractivity contribution in [1.29, 1.82) is 0 Å². The van der Waals surface area contributed by atoms with Gasteiger partial charge in [-0.25, -0.2) is 14.8 Å². The summed E-state index contributed by atoms with van der Waals surface area (Å²) < 4.78 is 37.3. The van der Waals surface area contributed by atoms with E-state index in [4.69, 9.17) is 14.7 Å². The Bertz CT molecular complexity index is 999. The van der Waals surface area contributed by atoms with Gasteiger partial charge in [-0.05, 0) is 39.7 Å². The lowest BCUT2D eigenvalue weighted by Crippen LogP contribution is -2.38. The maximum absolute atomic E-state index is 12.0. The molecule has 12 heteroatoms. The van der Waals surface area contributed by atoms with Crippen LogP contribution in [0.2, 0.25) is 0 Å². The number of fused-ring (bicyclic) bond motifs is 1. The van der Waals surface area contributed by atoms with Gasteiger partial charge in [-0.3, -0.25) is 4.18 Å². The minimum absolute atomic E-state index is 0.105. The maximum Gasteiger partial charge on any atom is 0.423 e. The van der Waals surface area contributed by atoms with Crippen molar-refractivity contribution in [3.8, 4) is 0 Å². The van der Waals surface area contributed by atoms with Crippen molar-refractivity contribution < 1.29 is 27.2 Å². The number of anilines is 1. The number of nitrogen functional groups attached to an aromatic ring is 1. The summed E-state index contributed by atoms with van der Waals surface area (Å²) in [5.74, 6) is -0.0710. The van der Waals surface area contributed by atoms with Gasteiger partial charge in [-0.1, -0.05) is 0 Å². The van der Waals surface area contributed by atoms with E-state index in [0.29, 0.717) is 29.7 Å². The van der Waals surface area contributed by atoms with Crippen LogP contribution in [0.4, 0.5) is 10.6 Å². The minimum Gasteiger partial charge on any atom is -0.443 e. The van der Waals surface area contributed by atoms with Crippen LogP contribution in [-0.2, 0) is 19.2 Å². The third-order valence-corrected chi connectivity index (χ3v) is 5.47. The number of hydrogen-bond acceptors (Lipinski definition) is 9. The van der Waals surface area contributed by atoms with Crippen molar-refractivity contribution in [1.82, 2.24) is 19.3 Å². The molecule has 0 radical (unpaired) electrons. The highest BCUT2D eigenvalue weighted by molar-refractivity contribution is 7.85. The lowest BCUT2D eigenvalue weighted by molar-refractivity contribution is 0.0559. The fourth-order valence-electron chi connectivity index (χ4n) is 3.37. The zero-order valence-corrected chi connectivity index (χ0v) is 17.2. The summed E-state index contributed by atoms with van der Waals surface area (Å²) in [6.07, 6.45) is 2.16. The number of nitrogens with one attached hydrogen (secondary N) is 1. The van der Waals surface area contributed by atoms with Crippen molar-refractivity contribution in [3.05, 3.63) is 18.6 Å². The van der Waals surface area contributed by atoms with E-state index >= 15 is 0 Å². The van der Waals surface area contributed by atoms with Crippen LogP contribution in [0.1, 0.15) is 39.7 Å². The van der Waals surface area contributed by atoms with Gasteiger partial charge in [-0.2, -0.15) is 13.1 Å². The van der Waals surface area contributed by atoms with Gasteiger partial charge in [-0.15, -0.1) is 0 Å². The van der Waals surface area contributed by atoms with Crippen molar-refractivity contribution in [3.63, 3.8) is 0 Å². The summed E-state index contributed by atoms with van der Waals surface area (Å²) in [6.45, 7) is 4.56. The summed E-state index contributed by atoms with van der Waals surface area (Å²) in [7, 11) is -4.36. The highest BCUT2D eigenvalue weighted by Gasteiger charge is 2.36. The van der Waals surface area contributed by atoms with Crippen molar-refractivity contribution in [2.75, 3.05) is 12.3 Å². The first kappa shape index (κ1) is 21.3. The average molecular weight is 427 g/mol. The highest BCUT2D eigenvalue weighted by Crippen LogP contribution is 2.37. The second-order valence-electron chi connectivity index (χ2n) is 8.01. The predicted molar refractivity (Wildman–Crippen MR) is 104 cm³/mol. The Morgan fingerprint density at radius 3 is 2.79 bits per heavy atom. The molecular formula is C17H25N5O6S. The van der Waals surface area contributed by atoms with Gasteiger partial charge < -0.3 is 20.1 Å². The molecule has 0 saturated heterocycles. The molecule has 1 aliphatic rings. The van der Waals surface area contributed by atoms with Crippen molar-refractivity contribution >= 4 is 33.2 Å². The molecule has 0 unspecified atom stereocenters. The van der Waals surface area contributed by atoms with Gasteiger partial charge in [0.15, 0.2) is 0 Å². The Balaban J connectivity index is 1.61. The monoisotopic (exact) mass is 427 g/mol. The van der Waals surface area contributed by atoms with Crippen LogP contribution >= 0.6 is 0 Å². The van der Waals surface area contributed by atoms with Gasteiger partial charge in [0.05, 0.1) is 18.1 Å². The third kappa shape index (κ3) is 5.14. The third-order valence-electron chi connectivity index (χ3n) is 4.61. The molecule has 0 aliphatic heterocycles. The van der Waals surface area contributed by atoms with E-state index in [9.17, 15) is 18.3 Å².